The normalized spacial score (nSPS) is 21.9. The Morgan fingerprint density at radius 3 is 2.49 bits per heavy atom. The molecule has 2 aromatic rings. The Labute approximate surface area is 215 Å². The molecule has 9 nitrogen and oxygen atoms in total. The highest BCUT2D eigenvalue weighted by Gasteiger charge is 2.66. The van der Waals surface area contributed by atoms with Crippen LogP contribution < -0.4 is 14.4 Å². The van der Waals surface area contributed by atoms with E-state index in [1.54, 1.807) is 35.2 Å². The van der Waals surface area contributed by atoms with Gasteiger partial charge in [-0.1, -0.05) is 25.1 Å². The maximum atomic E-state index is 14.3. The number of hydrogen-bond donors (Lipinski definition) is 1. The molecule has 1 atom stereocenters. The van der Waals surface area contributed by atoms with E-state index in [1.165, 1.54) is 4.90 Å². The molecular formula is C28H31N3O6. The summed E-state index contributed by atoms with van der Waals surface area (Å²) in [6, 6.07) is 12.0. The highest BCUT2D eigenvalue weighted by atomic mass is 16.6. The van der Waals surface area contributed by atoms with Gasteiger partial charge >= 0.3 is 0 Å². The maximum Gasteiger partial charge on any atom is 0.296 e. The van der Waals surface area contributed by atoms with Crippen LogP contribution in [0.15, 0.2) is 48.0 Å². The summed E-state index contributed by atoms with van der Waals surface area (Å²) in [6.45, 7) is 3.99. The van der Waals surface area contributed by atoms with Crippen molar-refractivity contribution in [3.05, 3.63) is 59.2 Å². The van der Waals surface area contributed by atoms with E-state index >= 15 is 0 Å². The number of hydrogen-bond acceptors (Lipinski definition) is 7. The van der Waals surface area contributed by atoms with E-state index in [4.69, 9.17) is 9.47 Å². The summed E-state index contributed by atoms with van der Waals surface area (Å²) >= 11 is 0. The second-order valence-electron chi connectivity index (χ2n) is 9.71. The van der Waals surface area contributed by atoms with Gasteiger partial charge in [-0.3, -0.25) is 14.4 Å². The van der Waals surface area contributed by atoms with E-state index in [2.05, 4.69) is 0 Å². The van der Waals surface area contributed by atoms with Crippen LogP contribution in [0.4, 0.5) is 5.69 Å². The van der Waals surface area contributed by atoms with Crippen molar-refractivity contribution in [3.63, 3.8) is 0 Å². The van der Waals surface area contributed by atoms with Gasteiger partial charge in [0.25, 0.3) is 17.6 Å². The van der Waals surface area contributed by atoms with Crippen LogP contribution in [0.2, 0.25) is 0 Å². The van der Waals surface area contributed by atoms with Crippen LogP contribution in [0.25, 0.3) is 5.76 Å². The Morgan fingerprint density at radius 2 is 1.76 bits per heavy atom. The van der Waals surface area contributed by atoms with Crippen LogP contribution >= 0.6 is 0 Å². The number of carbonyl (C=O) groups excluding carboxylic acids is 3. The molecule has 0 unspecified atom stereocenters. The molecule has 0 aliphatic carbocycles. The third kappa shape index (κ3) is 3.76. The fourth-order valence-corrected chi connectivity index (χ4v) is 5.49. The molecule has 194 valence electrons. The minimum absolute atomic E-state index is 0.181. The molecular weight excluding hydrogens is 474 g/mol. The van der Waals surface area contributed by atoms with Crippen LogP contribution in [0, 0.1) is 0 Å². The maximum absolute atomic E-state index is 14.3. The van der Waals surface area contributed by atoms with Gasteiger partial charge in [-0.05, 0) is 57.7 Å². The highest BCUT2D eigenvalue weighted by molar-refractivity contribution is 6.50. The van der Waals surface area contributed by atoms with E-state index < -0.39 is 28.9 Å². The van der Waals surface area contributed by atoms with Gasteiger partial charge in [-0.25, -0.2) is 0 Å². The van der Waals surface area contributed by atoms with Gasteiger partial charge in [-0.2, -0.15) is 0 Å². The predicted octanol–water partition coefficient (Wildman–Crippen LogP) is 2.74. The fraction of sp³-hybridized carbons (Fsp3) is 0.393. The average molecular weight is 506 g/mol. The summed E-state index contributed by atoms with van der Waals surface area (Å²) < 4.78 is 11.2. The first-order chi connectivity index (χ1) is 17.8. The predicted molar refractivity (Wildman–Crippen MR) is 138 cm³/mol. The van der Waals surface area contributed by atoms with Crippen molar-refractivity contribution in [3.8, 4) is 11.5 Å². The zero-order valence-corrected chi connectivity index (χ0v) is 21.3. The smallest absolute Gasteiger partial charge is 0.296 e. The molecule has 3 heterocycles. The van der Waals surface area contributed by atoms with E-state index in [9.17, 15) is 19.5 Å². The topological polar surface area (TPSA) is 99.6 Å². The SMILES string of the molecule is CCCN1C(=O)[C@]2(C(=C(O)c3ccc4c(c3)OCCO4)C(=O)C(=O)N2CCCN(C)C)c2ccccc21. The van der Waals surface area contributed by atoms with Crippen LogP contribution in [-0.4, -0.2) is 79.4 Å². The molecule has 2 aromatic carbocycles. The number of anilines is 1. The molecule has 0 saturated carbocycles. The average Bonchev–Trinajstić information content (AvgIpc) is 3.27. The van der Waals surface area contributed by atoms with Crippen molar-refractivity contribution in [1.29, 1.82) is 0 Å². The van der Waals surface area contributed by atoms with Crippen molar-refractivity contribution in [1.82, 2.24) is 9.80 Å². The molecule has 37 heavy (non-hydrogen) atoms. The van der Waals surface area contributed by atoms with Gasteiger partial charge in [0.2, 0.25) is 0 Å². The summed E-state index contributed by atoms with van der Waals surface area (Å²) in [5.41, 5.74) is -0.522. The summed E-state index contributed by atoms with van der Waals surface area (Å²) in [6.07, 6.45) is 1.24. The Morgan fingerprint density at radius 1 is 1.03 bits per heavy atom. The number of fused-ring (bicyclic) bond motifs is 3. The number of carbonyl (C=O) groups is 3. The Balaban J connectivity index is 1.74. The van der Waals surface area contributed by atoms with E-state index in [1.807, 2.05) is 38.1 Å². The largest absolute Gasteiger partial charge is 0.507 e. The number of para-hydroxylation sites is 1. The van der Waals surface area contributed by atoms with Gasteiger partial charge in [0.1, 0.15) is 19.0 Å². The van der Waals surface area contributed by atoms with Crippen LogP contribution in [-0.2, 0) is 19.9 Å². The lowest BCUT2D eigenvalue weighted by Gasteiger charge is -2.35. The molecule has 9 heteroatoms. The fourth-order valence-electron chi connectivity index (χ4n) is 5.49. The number of rotatable bonds is 7. The Bertz CT molecular complexity index is 1300. The molecule has 0 radical (unpaired) electrons. The molecule has 5 rings (SSSR count). The first-order valence-electron chi connectivity index (χ1n) is 12.6. The molecule has 1 spiro atoms. The number of ether oxygens (including phenoxy) is 2. The number of aliphatic hydroxyl groups is 1. The summed E-state index contributed by atoms with van der Waals surface area (Å²) in [7, 11) is 3.84. The van der Waals surface area contributed by atoms with E-state index in [0.717, 1.165) is 0 Å². The minimum Gasteiger partial charge on any atom is -0.507 e. The number of Topliss-reactive ketones (excluding diaryl/α,β-unsaturated/α-hetero) is 1. The van der Waals surface area contributed by atoms with Gasteiger partial charge in [0.05, 0.1) is 11.3 Å². The zero-order valence-electron chi connectivity index (χ0n) is 21.3. The molecule has 0 bridgehead atoms. The third-order valence-corrected chi connectivity index (χ3v) is 7.06. The number of ketones is 1. The number of benzene rings is 2. The second kappa shape index (κ2) is 9.55. The van der Waals surface area contributed by atoms with Crippen LogP contribution in [0.3, 0.4) is 0 Å². The third-order valence-electron chi connectivity index (χ3n) is 7.06. The van der Waals surface area contributed by atoms with Crippen LogP contribution in [0.5, 0.6) is 11.5 Å². The molecule has 3 aliphatic heterocycles. The van der Waals surface area contributed by atoms with Gasteiger partial charge in [0, 0.05) is 24.2 Å². The number of aliphatic hydroxyl groups excluding tert-OH is 1. The van der Waals surface area contributed by atoms with E-state index in [-0.39, 0.29) is 17.7 Å². The van der Waals surface area contributed by atoms with Crippen molar-refractivity contribution >= 4 is 29.0 Å². The molecule has 0 aromatic heterocycles. The van der Waals surface area contributed by atoms with Gasteiger partial charge < -0.3 is 29.3 Å². The zero-order chi connectivity index (χ0) is 26.3. The summed E-state index contributed by atoms with van der Waals surface area (Å²) in [5, 5.41) is 11.6. The number of nitrogens with zero attached hydrogens (tertiary/aromatic N) is 3. The lowest BCUT2D eigenvalue weighted by molar-refractivity contribution is -0.143. The lowest BCUT2D eigenvalue weighted by atomic mass is 9.81. The first kappa shape index (κ1) is 24.8. The minimum atomic E-state index is -1.75. The monoisotopic (exact) mass is 505 g/mol. The first-order valence-corrected chi connectivity index (χ1v) is 12.6. The van der Waals surface area contributed by atoms with Gasteiger partial charge in [0.15, 0.2) is 17.0 Å². The van der Waals surface area contributed by atoms with Crippen molar-refractivity contribution < 1.29 is 29.0 Å². The highest BCUT2D eigenvalue weighted by Crippen LogP contribution is 2.53. The Hall–Kier alpha value is -3.85. The lowest BCUT2D eigenvalue weighted by Crippen LogP contribution is -2.52. The Kier molecular flexibility index (Phi) is 6.41. The second-order valence-corrected chi connectivity index (χ2v) is 9.71. The van der Waals surface area contributed by atoms with Crippen molar-refractivity contribution in [2.24, 2.45) is 0 Å². The molecule has 2 amide bonds. The quantitative estimate of drug-likeness (QED) is 0.351. The summed E-state index contributed by atoms with van der Waals surface area (Å²) in [4.78, 5) is 46.5. The van der Waals surface area contributed by atoms with Gasteiger partial charge in [-0.15, -0.1) is 0 Å². The molecule has 3 aliphatic rings. The van der Waals surface area contributed by atoms with Crippen molar-refractivity contribution in [2.45, 2.75) is 25.3 Å². The number of likely N-dealkylation sites (tertiary alicyclic amines) is 1. The molecule has 1 N–H and O–H groups in total. The standard InChI is InChI=1S/C28H31N3O6/c1-4-12-30-20-9-6-5-8-19(20)28(27(30)35)23(25(33)26(34)31(28)14-7-13-29(2)3)24(32)18-10-11-21-22(17-18)37-16-15-36-21/h5-6,8-11,17,32H,4,7,12-16H2,1-3H3/t28-/m1/s1. The van der Waals surface area contributed by atoms with Crippen LogP contribution in [0.1, 0.15) is 30.9 Å². The number of amides is 2. The van der Waals surface area contributed by atoms with Crippen molar-refractivity contribution in [2.75, 3.05) is 51.8 Å². The summed E-state index contributed by atoms with van der Waals surface area (Å²) in [5.74, 6) is -1.53. The molecule has 1 saturated heterocycles. The van der Waals surface area contributed by atoms with E-state index in [0.29, 0.717) is 61.9 Å². The molecule has 1 fully saturated rings.